The van der Waals surface area contributed by atoms with Gasteiger partial charge in [0.25, 0.3) is 5.56 Å². The third-order valence-electron chi connectivity index (χ3n) is 6.54. The van der Waals surface area contributed by atoms with Crippen LogP contribution in [0, 0.1) is 6.92 Å². The highest BCUT2D eigenvalue weighted by molar-refractivity contribution is 9.10. The number of halogens is 3. The number of benzene rings is 3. The third-order valence-corrected chi connectivity index (χ3v) is 8.88. The molecule has 0 bridgehead atoms. The van der Waals surface area contributed by atoms with E-state index < -0.39 is 12.0 Å². The highest BCUT2D eigenvalue weighted by atomic mass is 79.9. The SMILES string of the molecule is CCOC(=O)C1=C(C)N=c2s/c(=C/c3ccc(OCc4ccc(Cl)c(Cl)c4)c(Br)c3)c(=O)n2[C@H]1c1ccc(C)cc1. The van der Waals surface area contributed by atoms with Crippen molar-refractivity contribution in [3.8, 4) is 5.75 Å². The fourth-order valence-corrected chi connectivity index (χ4v) is 6.40. The summed E-state index contributed by atoms with van der Waals surface area (Å²) in [6, 6.07) is 18.1. The molecule has 6 nitrogen and oxygen atoms in total. The van der Waals surface area contributed by atoms with E-state index in [2.05, 4.69) is 20.9 Å². The Labute approximate surface area is 259 Å². The summed E-state index contributed by atoms with van der Waals surface area (Å²) in [5.41, 5.74) is 4.24. The van der Waals surface area contributed by atoms with Crippen molar-refractivity contribution in [1.29, 1.82) is 0 Å². The molecule has 41 heavy (non-hydrogen) atoms. The van der Waals surface area contributed by atoms with Crippen molar-refractivity contribution in [2.24, 2.45) is 4.99 Å². The fourth-order valence-electron chi connectivity index (χ4n) is 4.52. The van der Waals surface area contributed by atoms with E-state index in [1.807, 2.05) is 61.5 Å². The summed E-state index contributed by atoms with van der Waals surface area (Å²) in [6.07, 6.45) is 1.81. The predicted molar refractivity (Wildman–Crippen MR) is 167 cm³/mol. The highest BCUT2D eigenvalue weighted by Crippen LogP contribution is 2.31. The smallest absolute Gasteiger partial charge is 0.338 e. The molecule has 4 aromatic rings. The molecular formula is C31H25BrCl2N2O4S. The number of ether oxygens (including phenoxy) is 2. The topological polar surface area (TPSA) is 69.9 Å². The quantitative estimate of drug-likeness (QED) is 0.204. The maximum Gasteiger partial charge on any atom is 0.338 e. The Morgan fingerprint density at radius 1 is 1.07 bits per heavy atom. The number of hydrogen-bond acceptors (Lipinski definition) is 6. The molecule has 1 aliphatic rings. The van der Waals surface area contributed by atoms with Crippen LogP contribution in [0.25, 0.3) is 6.08 Å². The molecule has 0 amide bonds. The van der Waals surface area contributed by atoms with Crippen molar-refractivity contribution >= 4 is 62.5 Å². The minimum absolute atomic E-state index is 0.225. The molecule has 0 N–H and O–H groups in total. The Morgan fingerprint density at radius 3 is 2.51 bits per heavy atom. The molecule has 1 atom stereocenters. The van der Waals surface area contributed by atoms with Crippen molar-refractivity contribution in [2.75, 3.05) is 6.61 Å². The molecule has 1 aromatic heterocycles. The standard InChI is InChI=1S/C31H25BrCl2N2O4S/c1-4-39-30(38)27-18(3)35-31-36(28(27)21-9-5-17(2)6-10-21)29(37)26(41-31)15-19-8-12-25(22(32)13-19)40-16-20-7-11-23(33)24(34)14-20/h5-15,28H,4,16H2,1-3H3/b26-15+/t28-/m0/s1. The van der Waals surface area contributed by atoms with E-state index in [1.54, 1.807) is 30.5 Å². The summed E-state index contributed by atoms with van der Waals surface area (Å²) in [4.78, 5) is 32.0. The molecule has 0 fully saturated rings. The predicted octanol–water partition coefficient (Wildman–Crippen LogP) is 6.76. The van der Waals surface area contributed by atoms with E-state index in [-0.39, 0.29) is 12.2 Å². The molecule has 0 radical (unpaired) electrons. The van der Waals surface area contributed by atoms with Gasteiger partial charge in [-0.3, -0.25) is 9.36 Å². The Hall–Kier alpha value is -3.17. The minimum atomic E-state index is -0.642. The molecule has 1 aliphatic heterocycles. The molecule has 0 unspecified atom stereocenters. The van der Waals surface area contributed by atoms with Crippen LogP contribution in [0.2, 0.25) is 10.0 Å². The van der Waals surface area contributed by atoms with E-state index in [1.165, 1.54) is 11.3 Å². The van der Waals surface area contributed by atoms with Gasteiger partial charge in [0, 0.05) is 0 Å². The lowest BCUT2D eigenvalue weighted by molar-refractivity contribution is -0.139. The van der Waals surface area contributed by atoms with Gasteiger partial charge >= 0.3 is 5.97 Å². The lowest BCUT2D eigenvalue weighted by Crippen LogP contribution is -2.39. The Morgan fingerprint density at radius 2 is 1.83 bits per heavy atom. The van der Waals surface area contributed by atoms with Crippen LogP contribution >= 0.6 is 50.5 Å². The number of nitrogens with zero attached hydrogens (tertiary/aromatic N) is 2. The van der Waals surface area contributed by atoms with Gasteiger partial charge in [-0.2, -0.15) is 0 Å². The van der Waals surface area contributed by atoms with Crippen LogP contribution in [-0.2, 0) is 16.1 Å². The lowest BCUT2D eigenvalue weighted by Gasteiger charge is -2.24. The van der Waals surface area contributed by atoms with Crippen LogP contribution in [0.3, 0.4) is 0 Å². The second kappa shape index (κ2) is 12.4. The van der Waals surface area contributed by atoms with Gasteiger partial charge in [0.1, 0.15) is 12.4 Å². The van der Waals surface area contributed by atoms with Crippen molar-refractivity contribution in [3.05, 3.63) is 128 Å². The summed E-state index contributed by atoms with van der Waals surface area (Å²) in [5, 5.41) is 0.960. The number of fused-ring (bicyclic) bond motifs is 1. The van der Waals surface area contributed by atoms with Crippen LogP contribution in [0.5, 0.6) is 5.75 Å². The number of aromatic nitrogens is 1. The van der Waals surface area contributed by atoms with E-state index >= 15 is 0 Å². The molecule has 0 spiro atoms. The number of esters is 1. The Bertz CT molecular complexity index is 1860. The first kappa shape index (κ1) is 29.3. The molecule has 0 saturated heterocycles. The lowest BCUT2D eigenvalue weighted by atomic mass is 9.95. The average Bonchev–Trinajstić information content (AvgIpc) is 3.24. The van der Waals surface area contributed by atoms with Crippen molar-refractivity contribution in [3.63, 3.8) is 0 Å². The first-order valence-corrected chi connectivity index (χ1v) is 15.1. The number of hydrogen-bond donors (Lipinski definition) is 0. The van der Waals surface area contributed by atoms with Crippen LogP contribution in [0.1, 0.15) is 42.1 Å². The van der Waals surface area contributed by atoms with Gasteiger partial charge in [-0.1, -0.05) is 76.5 Å². The number of rotatable bonds is 7. The number of thiazole rings is 1. The van der Waals surface area contributed by atoms with Crippen molar-refractivity contribution in [2.45, 2.75) is 33.4 Å². The molecule has 5 rings (SSSR count). The minimum Gasteiger partial charge on any atom is -0.488 e. The third kappa shape index (κ3) is 6.21. The number of allylic oxidation sites excluding steroid dienone is 1. The second-order valence-electron chi connectivity index (χ2n) is 9.44. The maximum absolute atomic E-state index is 13.8. The van der Waals surface area contributed by atoms with E-state index in [9.17, 15) is 9.59 Å². The maximum atomic E-state index is 13.8. The number of carbonyl (C=O) groups is 1. The van der Waals surface area contributed by atoms with E-state index in [4.69, 9.17) is 32.7 Å². The van der Waals surface area contributed by atoms with Crippen LogP contribution in [0.15, 0.2) is 86.2 Å². The van der Waals surface area contributed by atoms with E-state index in [0.717, 1.165) is 26.7 Å². The molecule has 0 saturated carbocycles. The molecule has 0 aliphatic carbocycles. The van der Waals surface area contributed by atoms with Gasteiger partial charge in [0.2, 0.25) is 0 Å². The monoisotopic (exact) mass is 670 g/mol. The first-order chi connectivity index (χ1) is 19.7. The van der Waals surface area contributed by atoms with Crippen LogP contribution in [0.4, 0.5) is 0 Å². The zero-order valence-electron chi connectivity index (χ0n) is 22.4. The van der Waals surface area contributed by atoms with Gasteiger partial charge in [0.15, 0.2) is 4.80 Å². The number of aryl methyl sites for hydroxylation is 1. The van der Waals surface area contributed by atoms with Gasteiger partial charge < -0.3 is 9.47 Å². The Kier molecular flexibility index (Phi) is 8.85. The van der Waals surface area contributed by atoms with Gasteiger partial charge in [-0.25, -0.2) is 9.79 Å². The van der Waals surface area contributed by atoms with E-state index in [0.29, 0.717) is 43.0 Å². The summed E-state index contributed by atoms with van der Waals surface area (Å²) >= 11 is 17.0. The number of carbonyl (C=O) groups excluding carboxylic acids is 1. The molecule has 10 heteroatoms. The van der Waals surface area contributed by atoms with Crippen molar-refractivity contribution < 1.29 is 14.3 Å². The van der Waals surface area contributed by atoms with Gasteiger partial charge in [-0.15, -0.1) is 0 Å². The summed E-state index contributed by atoms with van der Waals surface area (Å²) in [5.74, 6) is 0.165. The van der Waals surface area contributed by atoms with Crippen LogP contribution in [-0.4, -0.2) is 17.1 Å². The average molecular weight is 672 g/mol. The zero-order valence-corrected chi connectivity index (χ0v) is 26.3. The largest absolute Gasteiger partial charge is 0.488 e. The summed E-state index contributed by atoms with van der Waals surface area (Å²) in [6.45, 7) is 6.06. The first-order valence-electron chi connectivity index (χ1n) is 12.8. The zero-order chi connectivity index (χ0) is 29.3. The Balaban J connectivity index is 1.50. The fraction of sp³-hybridized carbons (Fsp3) is 0.194. The summed E-state index contributed by atoms with van der Waals surface area (Å²) in [7, 11) is 0. The van der Waals surface area contributed by atoms with Crippen LogP contribution < -0.4 is 19.6 Å². The normalized spacial score (nSPS) is 15.0. The highest BCUT2D eigenvalue weighted by Gasteiger charge is 2.33. The van der Waals surface area contributed by atoms with Gasteiger partial charge in [-0.05, 0) is 83.7 Å². The molecule has 210 valence electrons. The molecule has 3 aromatic carbocycles. The molecule has 2 heterocycles. The van der Waals surface area contributed by atoms with Crippen molar-refractivity contribution in [1.82, 2.24) is 4.57 Å². The van der Waals surface area contributed by atoms with Gasteiger partial charge in [0.05, 0.1) is 43.0 Å². The summed E-state index contributed by atoms with van der Waals surface area (Å²) < 4.78 is 14.1. The second-order valence-corrected chi connectivity index (χ2v) is 12.1. The molecular weight excluding hydrogens is 647 g/mol.